The van der Waals surface area contributed by atoms with Crippen molar-refractivity contribution >= 4 is 11.2 Å². The number of nitrogens with one attached hydrogen (secondary N) is 1. The van der Waals surface area contributed by atoms with Crippen LogP contribution < -0.4 is 29.7 Å². The van der Waals surface area contributed by atoms with Gasteiger partial charge >= 0.3 is 128 Å². The zero-order chi connectivity index (χ0) is 13.8. The van der Waals surface area contributed by atoms with E-state index in [1.807, 2.05) is 53.2 Å². The van der Waals surface area contributed by atoms with E-state index in [4.69, 9.17) is 4.74 Å². The first-order chi connectivity index (χ1) is 9.85. The van der Waals surface area contributed by atoms with Crippen LogP contribution >= 0.6 is 0 Å². The summed E-state index contributed by atoms with van der Waals surface area (Å²) in [4.78, 5) is 2.18. The van der Waals surface area contributed by atoms with E-state index in [2.05, 4.69) is 19.6 Å². The number of hydrogen-bond donors (Lipinski definition) is 1. The molecule has 3 rings (SSSR count). The molecule has 1 N–H and O–H groups in total. The van der Waals surface area contributed by atoms with Crippen molar-refractivity contribution in [2.24, 2.45) is 0 Å². The zero-order valence-corrected chi connectivity index (χ0v) is 13.2. The summed E-state index contributed by atoms with van der Waals surface area (Å²) >= 11 is 0.0188. The second kappa shape index (κ2) is 6.13. The molecule has 1 aromatic carbocycles. The van der Waals surface area contributed by atoms with Gasteiger partial charge in [-0.15, -0.1) is 0 Å². The number of ether oxygens (including phenoxy) is 1. The number of pyridine rings is 1. The third-order valence-electron chi connectivity index (χ3n) is 2.87. The van der Waals surface area contributed by atoms with Crippen molar-refractivity contribution in [3.05, 3.63) is 60.3 Å². The van der Waals surface area contributed by atoms with Gasteiger partial charge in [0.1, 0.15) is 0 Å². The van der Waals surface area contributed by atoms with E-state index in [0.717, 1.165) is 16.8 Å². The molecule has 0 aliphatic rings. The maximum absolute atomic E-state index is 5.73. The molecule has 20 heavy (non-hydrogen) atoms. The minimum atomic E-state index is 0.0188. The average molecular weight is 380 g/mol. The van der Waals surface area contributed by atoms with E-state index >= 15 is 0 Å². The van der Waals surface area contributed by atoms with Crippen molar-refractivity contribution in [1.29, 1.82) is 0 Å². The molecule has 3 aromatic rings. The summed E-state index contributed by atoms with van der Waals surface area (Å²) < 4.78 is 11.0. The Bertz CT molecular complexity index is 697. The van der Waals surface area contributed by atoms with E-state index in [0.29, 0.717) is 12.5 Å². The van der Waals surface area contributed by atoms with Gasteiger partial charge in [0, 0.05) is 0 Å². The van der Waals surface area contributed by atoms with Crippen LogP contribution in [-0.2, 0) is 6.61 Å². The number of aromatic nitrogens is 2. The summed E-state index contributed by atoms with van der Waals surface area (Å²) in [6.45, 7) is 0.538. The van der Waals surface area contributed by atoms with Gasteiger partial charge in [0.2, 0.25) is 0 Å². The van der Waals surface area contributed by atoms with Crippen LogP contribution in [0.5, 0.6) is 5.88 Å². The van der Waals surface area contributed by atoms with Gasteiger partial charge in [-0.2, -0.15) is 0 Å². The topological polar surface area (TPSA) is 38.6 Å². The number of alkyl halides is 1. The van der Waals surface area contributed by atoms with Gasteiger partial charge in [-0.3, -0.25) is 0 Å². The Kier molecular flexibility index (Phi) is 4.05. The Hall–Kier alpha value is -1.76. The summed E-state index contributed by atoms with van der Waals surface area (Å²) in [6, 6.07) is 16.2. The number of benzene rings is 1. The predicted octanol–water partition coefficient (Wildman–Crippen LogP) is -0.0410. The fraction of sp³-hybridized carbons (Fsp3) is 0.133. The van der Waals surface area contributed by atoms with Crippen LogP contribution in [-0.4, -0.2) is 14.5 Å². The molecule has 0 spiro atoms. The van der Waals surface area contributed by atoms with Crippen LogP contribution in [0.15, 0.2) is 54.7 Å². The van der Waals surface area contributed by atoms with E-state index < -0.39 is 0 Å². The molecule has 0 aliphatic carbocycles. The van der Waals surface area contributed by atoms with Crippen molar-refractivity contribution in [1.82, 2.24) is 9.61 Å². The number of hydrogen-bond acceptors (Lipinski definition) is 3. The molecule has 0 bridgehead atoms. The fourth-order valence-corrected chi connectivity index (χ4v) is 2.87. The monoisotopic (exact) mass is 380 g/mol. The van der Waals surface area contributed by atoms with E-state index in [1.54, 1.807) is 0 Å². The summed E-state index contributed by atoms with van der Waals surface area (Å²) in [5.41, 5.74) is 3.28. The quantitative estimate of drug-likeness (QED) is 0.384. The predicted molar refractivity (Wildman–Crippen MR) is 75.5 cm³/mol. The second-order valence-electron chi connectivity index (χ2n) is 4.33. The molecular weight excluding hydrogens is 365 g/mol. The van der Waals surface area contributed by atoms with Crippen molar-refractivity contribution in [3.8, 4) is 5.88 Å². The molecule has 0 unspecified atom stereocenters. The van der Waals surface area contributed by atoms with Gasteiger partial charge in [0.05, 0.1) is 0 Å². The third kappa shape index (κ3) is 3.04. The van der Waals surface area contributed by atoms with E-state index in [-0.39, 0.29) is 21.5 Å². The molecule has 4 nitrogen and oxygen atoms in total. The maximum atomic E-state index is 5.73. The van der Waals surface area contributed by atoms with E-state index in [1.165, 1.54) is 0 Å². The summed E-state index contributed by atoms with van der Waals surface area (Å²) in [7, 11) is 0. The molecule has 0 amide bonds. The van der Waals surface area contributed by atoms with Crippen LogP contribution in [0, 0.1) is 0 Å². The van der Waals surface area contributed by atoms with Crippen molar-refractivity contribution in [2.75, 3.05) is 8.46 Å². The van der Waals surface area contributed by atoms with Crippen LogP contribution in [0.3, 0.4) is 0 Å². The van der Waals surface area contributed by atoms with Crippen molar-refractivity contribution in [2.45, 2.75) is 6.61 Å². The van der Waals surface area contributed by atoms with Crippen molar-refractivity contribution in [3.63, 3.8) is 0 Å². The van der Waals surface area contributed by atoms with Crippen molar-refractivity contribution < 1.29 is 26.2 Å². The number of anilines is 1. The van der Waals surface area contributed by atoms with Gasteiger partial charge in [-0.25, -0.2) is 0 Å². The molecule has 104 valence electrons. The van der Waals surface area contributed by atoms with Crippen LogP contribution in [0.1, 0.15) is 5.56 Å². The standard InChI is InChI=1S/C15H15IN3O/c1-16-17-13-7-8-14-9-15(18-19(14)10-13)20-11-12-5-3-2-4-6-12/h2-10,17H,11H2,1H3/q-1. The molecular formula is C15H15IN3O-. The SMILES string of the molecule is C[I-]Nc1ccc2cc(OCc3ccccc3)nn2c1. The minimum absolute atomic E-state index is 0.0188. The van der Waals surface area contributed by atoms with E-state index in [9.17, 15) is 0 Å². The molecule has 0 saturated carbocycles. The van der Waals surface area contributed by atoms with Crippen LogP contribution in [0.2, 0.25) is 0 Å². The van der Waals surface area contributed by atoms with Gasteiger partial charge in [-0.05, 0) is 0 Å². The first-order valence-corrected chi connectivity index (χ1v) is 9.49. The number of halogens is 1. The van der Waals surface area contributed by atoms with Gasteiger partial charge < -0.3 is 0 Å². The first kappa shape index (κ1) is 13.2. The normalized spacial score (nSPS) is 10.8. The summed E-state index contributed by atoms with van der Waals surface area (Å²) in [6.07, 6.45) is 1.99. The van der Waals surface area contributed by atoms with Crippen LogP contribution in [0.25, 0.3) is 5.52 Å². The third-order valence-corrected chi connectivity index (χ3v) is 4.03. The molecule has 0 radical (unpaired) electrons. The number of rotatable bonds is 5. The molecule has 0 aliphatic heterocycles. The summed E-state index contributed by atoms with van der Waals surface area (Å²) in [5.74, 6) is 0.650. The Morgan fingerprint density at radius 1 is 1.20 bits per heavy atom. The molecule has 0 saturated heterocycles. The Morgan fingerprint density at radius 2 is 2.05 bits per heavy atom. The molecule has 0 fully saturated rings. The number of fused-ring (bicyclic) bond motifs is 1. The van der Waals surface area contributed by atoms with Gasteiger partial charge in [0.15, 0.2) is 0 Å². The number of nitrogens with zero attached hydrogens (tertiary/aromatic N) is 2. The second-order valence-corrected chi connectivity index (χ2v) is 5.95. The summed E-state index contributed by atoms with van der Waals surface area (Å²) in [5, 5.41) is 4.44. The average Bonchev–Trinajstić information content (AvgIpc) is 2.89. The molecule has 2 heterocycles. The molecule has 0 atom stereocenters. The molecule has 2 aromatic heterocycles. The first-order valence-electron chi connectivity index (χ1n) is 6.26. The zero-order valence-electron chi connectivity index (χ0n) is 11.1. The Balaban J connectivity index is 1.75. The fourth-order valence-electron chi connectivity index (χ4n) is 1.93. The Morgan fingerprint density at radius 3 is 2.85 bits per heavy atom. The van der Waals surface area contributed by atoms with Crippen LogP contribution in [0.4, 0.5) is 5.69 Å². The van der Waals surface area contributed by atoms with Gasteiger partial charge in [0.25, 0.3) is 0 Å². The van der Waals surface area contributed by atoms with Gasteiger partial charge in [-0.1, -0.05) is 0 Å². The molecule has 5 heteroatoms. The Labute approximate surface area is 128 Å².